The maximum absolute atomic E-state index is 4.67. The van der Waals surface area contributed by atoms with Gasteiger partial charge in [0.25, 0.3) is 0 Å². The van der Waals surface area contributed by atoms with Gasteiger partial charge in [0.15, 0.2) is 11.8 Å². The van der Waals surface area contributed by atoms with Gasteiger partial charge in [-0.25, -0.2) is 9.67 Å². The van der Waals surface area contributed by atoms with E-state index in [0.29, 0.717) is 12.0 Å². The molecule has 0 amide bonds. The number of piperidine rings is 1. The van der Waals surface area contributed by atoms with Crippen molar-refractivity contribution < 1.29 is 0 Å². The van der Waals surface area contributed by atoms with Gasteiger partial charge in [0.05, 0.1) is 6.54 Å². The van der Waals surface area contributed by atoms with Crippen molar-refractivity contribution in [2.75, 3.05) is 33.2 Å². The zero-order valence-electron chi connectivity index (χ0n) is 18.1. The predicted octanol–water partition coefficient (Wildman–Crippen LogP) is 2.54. The Kier molecular flexibility index (Phi) is 8.13. The van der Waals surface area contributed by atoms with E-state index in [9.17, 15) is 0 Å². The number of rotatable bonds is 8. The first kappa shape index (κ1) is 21.1. The third kappa shape index (κ3) is 6.19. The van der Waals surface area contributed by atoms with E-state index >= 15 is 0 Å². The number of nitrogens with one attached hydrogen (secondary N) is 2. The van der Waals surface area contributed by atoms with Gasteiger partial charge in [-0.2, -0.15) is 5.10 Å². The molecule has 0 saturated carbocycles. The van der Waals surface area contributed by atoms with Crippen LogP contribution in [0.25, 0.3) is 0 Å². The second-order valence-corrected chi connectivity index (χ2v) is 8.56. The Morgan fingerprint density at radius 1 is 1.18 bits per heavy atom. The highest BCUT2D eigenvalue weighted by Gasteiger charge is 2.23. The van der Waals surface area contributed by atoms with Crippen LogP contribution in [0.2, 0.25) is 0 Å². The molecule has 1 saturated heterocycles. The standard InChI is InChI=1S/C21H39N7/c1-17(2)20-25-19-11-10-18(16-28(19)26-20)24-21(22-3)23-12-6-4-7-13-27-14-8-5-9-15-27/h17-18H,4-16H2,1-3H3,(H2,22,23,24). The van der Waals surface area contributed by atoms with Crippen LogP contribution < -0.4 is 10.6 Å². The number of unbranched alkanes of at least 4 members (excludes halogenated alkanes) is 2. The Bertz CT molecular complexity index is 616. The fourth-order valence-electron chi connectivity index (χ4n) is 4.11. The van der Waals surface area contributed by atoms with Crippen LogP contribution in [0.3, 0.4) is 0 Å². The number of hydrogen-bond acceptors (Lipinski definition) is 4. The summed E-state index contributed by atoms with van der Waals surface area (Å²) in [7, 11) is 1.85. The zero-order valence-corrected chi connectivity index (χ0v) is 18.1. The third-order valence-corrected chi connectivity index (χ3v) is 5.85. The maximum Gasteiger partial charge on any atom is 0.191 e. The normalized spacial score (nSPS) is 21.0. The lowest BCUT2D eigenvalue weighted by Gasteiger charge is -2.26. The van der Waals surface area contributed by atoms with Gasteiger partial charge in [0.2, 0.25) is 0 Å². The molecule has 28 heavy (non-hydrogen) atoms. The van der Waals surface area contributed by atoms with Gasteiger partial charge in [0, 0.05) is 32.0 Å². The van der Waals surface area contributed by atoms with Crippen molar-refractivity contribution in [1.29, 1.82) is 0 Å². The molecule has 2 aliphatic rings. The van der Waals surface area contributed by atoms with E-state index in [-0.39, 0.29) is 0 Å². The highest BCUT2D eigenvalue weighted by atomic mass is 15.4. The topological polar surface area (TPSA) is 70.4 Å². The minimum absolute atomic E-state index is 0.361. The summed E-state index contributed by atoms with van der Waals surface area (Å²) in [6.45, 7) is 10.0. The number of likely N-dealkylation sites (tertiary alicyclic amines) is 1. The van der Waals surface area contributed by atoms with Crippen molar-refractivity contribution in [3.63, 3.8) is 0 Å². The lowest BCUT2D eigenvalue weighted by Crippen LogP contribution is -2.47. The first-order valence-electron chi connectivity index (χ1n) is 11.3. The van der Waals surface area contributed by atoms with Crippen molar-refractivity contribution >= 4 is 5.96 Å². The van der Waals surface area contributed by atoms with E-state index in [1.54, 1.807) is 0 Å². The van der Waals surface area contributed by atoms with Gasteiger partial charge in [0.1, 0.15) is 5.82 Å². The maximum atomic E-state index is 4.67. The summed E-state index contributed by atoms with van der Waals surface area (Å²) in [5.74, 6) is 3.38. The van der Waals surface area contributed by atoms with E-state index in [0.717, 1.165) is 43.5 Å². The van der Waals surface area contributed by atoms with E-state index in [2.05, 4.69) is 49.1 Å². The molecule has 0 bridgehead atoms. The van der Waals surface area contributed by atoms with Crippen molar-refractivity contribution in [2.24, 2.45) is 4.99 Å². The van der Waals surface area contributed by atoms with E-state index in [4.69, 9.17) is 0 Å². The summed E-state index contributed by atoms with van der Waals surface area (Å²) in [4.78, 5) is 11.7. The average molecular weight is 390 g/mol. The molecule has 0 aliphatic carbocycles. The minimum Gasteiger partial charge on any atom is -0.356 e. The summed E-state index contributed by atoms with van der Waals surface area (Å²) >= 11 is 0. The molecule has 0 radical (unpaired) electrons. The molecule has 1 aromatic rings. The van der Waals surface area contributed by atoms with Gasteiger partial charge >= 0.3 is 0 Å². The molecule has 2 N–H and O–H groups in total. The Morgan fingerprint density at radius 3 is 2.75 bits per heavy atom. The van der Waals surface area contributed by atoms with E-state index in [1.807, 2.05) is 7.05 Å². The lowest BCUT2D eigenvalue weighted by molar-refractivity contribution is 0.224. The molecule has 1 fully saturated rings. The van der Waals surface area contributed by atoms with Crippen LogP contribution in [-0.2, 0) is 13.0 Å². The Morgan fingerprint density at radius 2 is 2.00 bits per heavy atom. The molecule has 0 spiro atoms. The number of aromatic nitrogens is 3. The summed E-state index contributed by atoms with van der Waals surface area (Å²) in [5, 5.41) is 11.7. The fourth-order valence-corrected chi connectivity index (χ4v) is 4.11. The second-order valence-electron chi connectivity index (χ2n) is 8.56. The van der Waals surface area contributed by atoms with Gasteiger partial charge in [-0.15, -0.1) is 0 Å². The van der Waals surface area contributed by atoms with Crippen molar-refractivity contribution in [2.45, 2.75) is 83.7 Å². The number of hydrogen-bond donors (Lipinski definition) is 2. The first-order valence-corrected chi connectivity index (χ1v) is 11.3. The SMILES string of the molecule is CN=C(NCCCCCN1CCCCC1)NC1CCc2nc(C(C)C)nn2C1. The molecule has 1 unspecified atom stereocenters. The molecule has 3 heterocycles. The molecule has 1 atom stereocenters. The Labute approximate surface area is 170 Å². The zero-order chi connectivity index (χ0) is 19.8. The molecule has 0 aromatic carbocycles. The Hall–Kier alpha value is -1.63. The molecular weight excluding hydrogens is 350 g/mol. The first-order chi connectivity index (χ1) is 13.7. The third-order valence-electron chi connectivity index (χ3n) is 5.85. The van der Waals surface area contributed by atoms with Crippen LogP contribution in [-0.4, -0.2) is 64.9 Å². The van der Waals surface area contributed by atoms with Gasteiger partial charge in [-0.3, -0.25) is 4.99 Å². The smallest absolute Gasteiger partial charge is 0.191 e. The van der Waals surface area contributed by atoms with Crippen LogP contribution in [0, 0.1) is 0 Å². The number of aryl methyl sites for hydroxylation is 1. The molecule has 7 heteroatoms. The minimum atomic E-state index is 0.361. The second kappa shape index (κ2) is 10.8. The van der Waals surface area contributed by atoms with Gasteiger partial charge < -0.3 is 15.5 Å². The molecule has 2 aliphatic heterocycles. The van der Waals surface area contributed by atoms with Crippen LogP contribution >= 0.6 is 0 Å². The van der Waals surface area contributed by atoms with Crippen molar-refractivity contribution in [3.05, 3.63) is 11.6 Å². The number of fused-ring (bicyclic) bond motifs is 1. The van der Waals surface area contributed by atoms with Crippen LogP contribution in [0.4, 0.5) is 0 Å². The number of guanidine groups is 1. The lowest BCUT2D eigenvalue weighted by atomic mass is 10.1. The largest absolute Gasteiger partial charge is 0.356 e. The Balaban J connectivity index is 1.32. The molecule has 7 nitrogen and oxygen atoms in total. The van der Waals surface area contributed by atoms with Gasteiger partial charge in [-0.1, -0.05) is 26.7 Å². The van der Waals surface area contributed by atoms with Crippen LogP contribution in [0.15, 0.2) is 4.99 Å². The van der Waals surface area contributed by atoms with Gasteiger partial charge in [-0.05, 0) is 51.7 Å². The summed E-state index contributed by atoms with van der Waals surface area (Å²) in [5.41, 5.74) is 0. The number of aliphatic imine (C=N–C) groups is 1. The predicted molar refractivity (Wildman–Crippen MR) is 115 cm³/mol. The van der Waals surface area contributed by atoms with Crippen LogP contribution in [0.1, 0.15) is 76.4 Å². The molecule has 1 aromatic heterocycles. The van der Waals surface area contributed by atoms with E-state index < -0.39 is 0 Å². The monoisotopic (exact) mass is 389 g/mol. The highest BCUT2D eigenvalue weighted by molar-refractivity contribution is 5.79. The van der Waals surface area contributed by atoms with Crippen LogP contribution in [0.5, 0.6) is 0 Å². The summed E-state index contributed by atoms with van der Waals surface area (Å²) in [6.07, 6.45) is 10.0. The van der Waals surface area contributed by atoms with Crippen molar-refractivity contribution in [1.82, 2.24) is 30.3 Å². The number of nitrogens with zero attached hydrogens (tertiary/aromatic N) is 5. The average Bonchev–Trinajstić information content (AvgIpc) is 3.14. The highest BCUT2D eigenvalue weighted by Crippen LogP contribution is 2.17. The quantitative estimate of drug-likeness (QED) is 0.406. The molecule has 3 rings (SSSR count). The summed E-state index contributed by atoms with van der Waals surface area (Å²) in [6, 6.07) is 0.361. The molecular formula is C21H39N7. The van der Waals surface area contributed by atoms with Crippen molar-refractivity contribution in [3.8, 4) is 0 Å². The summed E-state index contributed by atoms with van der Waals surface area (Å²) < 4.78 is 2.07. The van der Waals surface area contributed by atoms with E-state index in [1.165, 1.54) is 58.2 Å². The molecule has 158 valence electrons. The fraction of sp³-hybridized carbons (Fsp3) is 0.857.